The number of ether oxygens (including phenoxy) is 1. The summed E-state index contributed by atoms with van der Waals surface area (Å²) in [6.07, 6.45) is 1.84. The number of furan rings is 1. The van der Waals surface area contributed by atoms with Crippen LogP contribution in [0.25, 0.3) is 0 Å². The second-order valence-corrected chi connectivity index (χ2v) is 7.64. The third-order valence-electron chi connectivity index (χ3n) is 3.18. The van der Waals surface area contributed by atoms with Crippen molar-refractivity contribution >= 4 is 57.3 Å². The summed E-state index contributed by atoms with van der Waals surface area (Å²) in [6.45, 7) is 7.71. The molecular weight excluding hydrogens is 518 g/mol. The SMILES string of the molecule is Cc1oc(/N=C/c2cc(I)c(OC(C)C)c(I)c2)c(C#N)c1C. The Kier molecular flexibility index (Phi) is 6.08. The predicted octanol–water partition coefficient (Wildman–Crippen LogP) is 5.52. The van der Waals surface area contributed by atoms with Gasteiger partial charge in [0.2, 0.25) is 5.88 Å². The largest absolute Gasteiger partial charge is 0.489 e. The first-order chi connectivity index (χ1) is 10.8. The van der Waals surface area contributed by atoms with E-state index in [-0.39, 0.29) is 6.10 Å². The highest BCUT2D eigenvalue weighted by molar-refractivity contribution is 14.1. The maximum absolute atomic E-state index is 9.22. The van der Waals surface area contributed by atoms with Crippen LogP contribution < -0.4 is 4.74 Å². The molecule has 0 saturated heterocycles. The Morgan fingerprint density at radius 1 is 1.26 bits per heavy atom. The minimum absolute atomic E-state index is 0.129. The van der Waals surface area contributed by atoms with Gasteiger partial charge in [-0.3, -0.25) is 0 Å². The summed E-state index contributed by atoms with van der Waals surface area (Å²) < 4.78 is 13.4. The van der Waals surface area contributed by atoms with Crippen LogP contribution in [0.3, 0.4) is 0 Å². The van der Waals surface area contributed by atoms with E-state index in [1.54, 1.807) is 6.21 Å². The standard InChI is InChI=1S/C17H16I2N2O2/c1-9(2)22-16-14(18)5-12(6-15(16)19)8-21-17-13(7-20)10(3)11(4)23-17/h5-6,8-9H,1-4H3/b21-8+. The molecule has 0 amide bonds. The molecule has 0 radical (unpaired) electrons. The van der Waals surface area contributed by atoms with E-state index >= 15 is 0 Å². The van der Waals surface area contributed by atoms with Gasteiger partial charge in [0.25, 0.3) is 0 Å². The molecule has 120 valence electrons. The summed E-state index contributed by atoms with van der Waals surface area (Å²) >= 11 is 4.51. The Morgan fingerprint density at radius 3 is 2.39 bits per heavy atom. The zero-order chi connectivity index (χ0) is 17.1. The number of hydrogen-bond acceptors (Lipinski definition) is 4. The summed E-state index contributed by atoms with van der Waals surface area (Å²) in [7, 11) is 0. The van der Waals surface area contributed by atoms with E-state index in [1.807, 2.05) is 39.8 Å². The maximum atomic E-state index is 9.22. The third kappa shape index (κ3) is 4.26. The number of halogens is 2. The van der Waals surface area contributed by atoms with Crippen LogP contribution in [-0.2, 0) is 0 Å². The minimum atomic E-state index is 0.129. The van der Waals surface area contributed by atoms with Gasteiger partial charge in [-0.1, -0.05) is 0 Å². The molecule has 0 bridgehead atoms. The third-order valence-corrected chi connectivity index (χ3v) is 4.79. The van der Waals surface area contributed by atoms with Gasteiger partial charge in [-0.05, 0) is 90.6 Å². The molecule has 1 heterocycles. The molecule has 0 unspecified atom stereocenters. The van der Waals surface area contributed by atoms with E-state index in [4.69, 9.17) is 9.15 Å². The average molecular weight is 534 g/mol. The molecule has 2 rings (SSSR count). The molecule has 1 aromatic carbocycles. The molecule has 1 aromatic heterocycles. The van der Waals surface area contributed by atoms with E-state index in [1.165, 1.54) is 0 Å². The second-order valence-electron chi connectivity index (χ2n) is 5.31. The molecule has 2 aromatic rings. The highest BCUT2D eigenvalue weighted by Gasteiger charge is 2.13. The first-order valence-corrected chi connectivity index (χ1v) is 9.19. The smallest absolute Gasteiger partial charge is 0.237 e. The number of aliphatic imine (C=N–C) groups is 1. The fourth-order valence-electron chi connectivity index (χ4n) is 1.97. The van der Waals surface area contributed by atoms with Gasteiger partial charge in [-0.2, -0.15) is 5.26 Å². The van der Waals surface area contributed by atoms with Gasteiger partial charge in [0.1, 0.15) is 23.1 Å². The summed E-state index contributed by atoms with van der Waals surface area (Å²) in [4.78, 5) is 4.34. The molecule has 0 aliphatic rings. The fraction of sp³-hybridized carbons (Fsp3) is 0.294. The van der Waals surface area contributed by atoms with Crippen LogP contribution >= 0.6 is 45.2 Å². The summed E-state index contributed by atoms with van der Waals surface area (Å²) in [5.41, 5.74) is 2.26. The molecule has 0 spiro atoms. The average Bonchev–Trinajstić information content (AvgIpc) is 2.75. The molecule has 0 saturated carbocycles. The Labute approximate surface area is 163 Å². The monoisotopic (exact) mass is 534 g/mol. The van der Waals surface area contributed by atoms with Gasteiger partial charge in [0.15, 0.2) is 0 Å². The van der Waals surface area contributed by atoms with Crippen LogP contribution in [0, 0.1) is 32.3 Å². The first-order valence-electron chi connectivity index (χ1n) is 7.03. The van der Waals surface area contributed by atoms with E-state index in [2.05, 4.69) is 56.2 Å². The molecule has 0 N–H and O–H groups in total. The highest BCUT2D eigenvalue weighted by atomic mass is 127. The maximum Gasteiger partial charge on any atom is 0.237 e. The lowest BCUT2D eigenvalue weighted by molar-refractivity contribution is 0.239. The summed E-state index contributed by atoms with van der Waals surface area (Å²) in [6, 6.07) is 6.14. The fourth-order valence-corrected chi connectivity index (χ4v) is 4.04. The molecule has 23 heavy (non-hydrogen) atoms. The number of rotatable bonds is 4. The quantitative estimate of drug-likeness (QED) is 0.384. The number of nitrogens with zero attached hydrogens (tertiary/aromatic N) is 2. The first kappa shape index (κ1) is 18.3. The normalized spacial score (nSPS) is 11.2. The van der Waals surface area contributed by atoms with E-state index < -0.39 is 0 Å². The Bertz CT molecular complexity index is 779. The zero-order valence-corrected chi connectivity index (χ0v) is 17.6. The number of hydrogen-bond donors (Lipinski definition) is 0. The van der Waals surface area contributed by atoms with Gasteiger partial charge < -0.3 is 9.15 Å². The lowest BCUT2D eigenvalue weighted by Gasteiger charge is -2.13. The van der Waals surface area contributed by atoms with Crippen molar-refractivity contribution in [1.82, 2.24) is 0 Å². The molecule has 0 fully saturated rings. The van der Waals surface area contributed by atoms with Crippen molar-refractivity contribution in [2.75, 3.05) is 0 Å². The van der Waals surface area contributed by atoms with Crippen molar-refractivity contribution in [2.45, 2.75) is 33.8 Å². The Balaban J connectivity index is 2.35. The molecule has 6 heteroatoms. The van der Waals surface area contributed by atoms with E-state index in [0.29, 0.717) is 11.4 Å². The molecular formula is C17H16I2N2O2. The molecule has 0 aliphatic carbocycles. The predicted molar refractivity (Wildman–Crippen MR) is 108 cm³/mol. The van der Waals surface area contributed by atoms with Crippen LogP contribution in [0.15, 0.2) is 21.5 Å². The summed E-state index contributed by atoms with van der Waals surface area (Å²) in [5.74, 6) is 1.97. The van der Waals surface area contributed by atoms with Crippen molar-refractivity contribution in [1.29, 1.82) is 5.26 Å². The zero-order valence-electron chi connectivity index (χ0n) is 13.3. The van der Waals surface area contributed by atoms with Crippen LogP contribution in [0.2, 0.25) is 0 Å². The van der Waals surface area contributed by atoms with Crippen molar-refractivity contribution in [3.05, 3.63) is 41.7 Å². The van der Waals surface area contributed by atoms with E-state index in [0.717, 1.165) is 29.8 Å². The van der Waals surface area contributed by atoms with Crippen molar-refractivity contribution in [3.8, 4) is 11.8 Å². The van der Waals surface area contributed by atoms with Gasteiger partial charge in [0.05, 0.1) is 13.2 Å². The Hall–Kier alpha value is -1.08. The van der Waals surface area contributed by atoms with Gasteiger partial charge in [0, 0.05) is 11.8 Å². The second kappa shape index (κ2) is 7.66. The summed E-state index contributed by atoms with van der Waals surface area (Å²) in [5, 5.41) is 9.22. The van der Waals surface area contributed by atoms with Crippen LogP contribution in [0.1, 0.15) is 36.3 Å². The van der Waals surface area contributed by atoms with Crippen molar-refractivity contribution < 1.29 is 9.15 Å². The number of aryl methyl sites for hydroxylation is 1. The van der Waals surface area contributed by atoms with E-state index in [9.17, 15) is 5.26 Å². The number of nitriles is 1. The molecule has 4 nitrogen and oxygen atoms in total. The van der Waals surface area contributed by atoms with Crippen LogP contribution in [0.5, 0.6) is 5.75 Å². The van der Waals surface area contributed by atoms with Crippen molar-refractivity contribution in [3.63, 3.8) is 0 Å². The van der Waals surface area contributed by atoms with Gasteiger partial charge >= 0.3 is 0 Å². The number of benzene rings is 1. The Morgan fingerprint density at radius 2 is 1.87 bits per heavy atom. The van der Waals surface area contributed by atoms with Crippen molar-refractivity contribution in [2.24, 2.45) is 4.99 Å². The highest BCUT2D eigenvalue weighted by Crippen LogP contribution is 2.31. The minimum Gasteiger partial charge on any atom is -0.489 e. The van der Waals surface area contributed by atoms with Crippen LogP contribution in [0.4, 0.5) is 5.88 Å². The van der Waals surface area contributed by atoms with Gasteiger partial charge in [-0.15, -0.1) is 0 Å². The van der Waals surface area contributed by atoms with Crippen LogP contribution in [-0.4, -0.2) is 12.3 Å². The lowest BCUT2D eigenvalue weighted by Crippen LogP contribution is -2.08. The molecule has 0 aliphatic heterocycles. The van der Waals surface area contributed by atoms with Gasteiger partial charge in [-0.25, -0.2) is 4.99 Å². The lowest BCUT2D eigenvalue weighted by atomic mass is 10.2. The topological polar surface area (TPSA) is 58.5 Å². The molecule has 0 atom stereocenters.